The first-order chi connectivity index (χ1) is 13.5. The highest BCUT2D eigenvalue weighted by atomic mass is 16.6. The molecule has 1 spiro atoms. The minimum Gasteiger partial charge on any atom is -0.493 e. The van der Waals surface area contributed by atoms with Gasteiger partial charge in [0.05, 0.1) is 39.6 Å². The molecule has 0 aromatic heterocycles. The maximum atomic E-state index is 12.4. The molecule has 2 fully saturated rings. The van der Waals surface area contributed by atoms with Crippen LogP contribution < -0.4 is 14.2 Å². The number of rotatable bonds is 7. The Hall–Kier alpha value is -2.25. The Morgan fingerprint density at radius 1 is 1.14 bits per heavy atom. The Labute approximate surface area is 165 Å². The van der Waals surface area contributed by atoms with Crippen molar-refractivity contribution in [1.29, 1.82) is 0 Å². The number of epoxide rings is 1. The number of methoxy groups -OCH3 is 4. The van der Waals surface area contributed by atoms with Crippen LogP contribution in [0.5, 0.6) is 17.2 Å². The van der Waals surface area contributed by atoms with Gasteiger partial charge in [0.2, 0.25) is 5.75 Å². The lowest BCUT2D eigenvalue weighted by atomic mass is 9.76. The van der Waals surface area contributed by atoms with E-state index in [1.165, 1.54) is 6.08 Å². The lowest BCUT2D eigenvalue weighted by molar-refractivity contribution is -0.160. The van der Waals surface area contributed by atoms with Crippen molar-refractivity contribution < 1.29 is 33.2 Å². The summed E-state index contributed by atoms with van der Waals surface area (Å²) in [4.78, 5) is 12.4. The van der Waals surface area contributed by atoms with Crippen LogP contribution in [0.1, 0.15) is 25.3 Å². The van der Waals surface area contributed by atoms with Gasteiger partial charge in [0, 0.05) is 19.1 Å². The molecule has 2 aliphatic rings. The number of hydrogen-bond acceptors (Lipinski definition) is 7. The molecule has 1 saturated carbocycles. The molecule has 0 N–H and O–H groups in total. The summed E-state index contributed by atoms with van der Waals surface area (Å²) in [5.74, 6) is 1.30. The van der Waals surface area contributed by atoms with E-state index in [-0.39, 0.29) is 23.7 Å². The van der Waals surface area contributed by atoms with Gasteiger partial charge in [0.25, 0.3) is 0 Å². The summed E-state index contributed by atoms with van der Waals surface area (Å²) in [5, 5.41) is 0. The van der Waals surface area contributed by atoms with Crippen molar-refractivity contribution in [3.05, 3.63) is 23.8 Å². The van der Waals surface area contributed by atoms with Gasteiger partial charge >= 0.3 is 5.97 Å². The lowest BCUT2D eigenvalue weighted by Crippen LogP contribution is -2.48. The van der Waals surface area contributed by atoms with Crippen LogP contribution in [0.3, 0.4) is 0 Å². The van der Waals surface area contributed by atoms with E-state index >= 15 is 0 Å². The van der Waals surface area contributed by atoms with Gasteiger partial charge in [-0.15, -0.1) is 0 Å². The van der Waals surface area contributed by atoms with E-state index in [9.17, 15) is 4.79 Å². The Morgan fingerprint density at radius 2 is 1.79 bits per heavy atom. The Morgan fingerprint density at radius 3 is 2.29 bits per heavy atom. The van der Waals surface area contributed by atoms with Crippen LogP contribution in [0.25, 0.3) is 6.08 Å². The maximum Gasteiger partial charge on any atom is 0.331 e. The third kappa shape index (κ3) is 3.95. The SMILES string of the molecule is COc1cc(/C=C\C(=O)O[C@@H]2CC[C@]3(CO3)[C@@H](C)[C@@H]2OC)cc(OC)c1OC. The summed E-state index contributed by atoms with van der Waals surface area (Å²) in [6.45, 7) is 2.85. The molecular weight excluding hydrogens is 364 g/mol. The topological polar surface area (TPSA) is 75.8 Å². The van der Waals surface area contributed by atoms with Crippen molar-refractivity contribution in [2.75, 3.05) is 35.0 Å². The average molecular weight is 392 g/mol. The normalized spacial score (nSPS) is 29.0. The smallest absolute Gasteiger partial charge is 0.331 e. The van der Waals surface area contributed by atoms with E-state index in [2.05, 4.69) is 6.92 Å². The van der Waals surface area contributed by atoms with Crippen molar-refractivity contribution in [3.63, 3.8) is 0 Å². The van der Waals surface area contributed by atoms with Crippen molar-refractivity contribution in [2.24, 2.45) is 5.92 Å². The van der Waals surface area contributed by atoms with Crippen LogP contribution in [0, 0.1) is 5.92 Å². The van der Waals surface area contributed by atoms with Gasteiger partial charge in [-0.25, -0.2) is 4.79 Å². The van der Waals surface area contributed by atoms with Gasteiger partial charge in [0.1, 0.15) is 6.10 Å². The molecule has 1 saturated heterocycles. The fourth-order valence-electron chi connectivity index (χ4n) is 3.93. The first-order valence-electron chi connectivity index (χ1n) is 9.33. The van der Waals surface area contributed by atoms with Gasteiger partial charge in [0.15, 0.2) is 11.5 Å². The van der Waals surface area contributed by atoms with E-state index in [4.69, 9.17) is 28.4 Å². The zero-order valence-electron chi connectivity index (χ0n) is 17.0. The second kappa shape index (κ2) is 8.41. The van der Waals surface area contributed by atoms with Crippen LogP contribution in [0.2, 0.25) is 0 Å². The molecule has 4 atom stereocenters. The van der Waals surface area contributed by atoms with Gasteiger partial charge in [-0.3, -0.25) is 0 Å². The summed E-state index contributed by atoms with van der Waals surface area (Å²) in [5.41, 5.74) is 0.646. The Balaban J connectivity index is 1.68. The van der Waals surface area contributed by atoms with E-state index in [0.717, 1.165) is 25.0 Å². The molecule has 0 bridgehead atoms. The first-order valence-corrected chi connectivity index (χ1v) is 9.33. The summed E-state index contributed by atoms with van der Waals surface area (Å²) >= 11 is 0. The lowest BCUT2D eigenvalue weighted by Gasteiger charge is -2.38. The zero-order chi connectivity index (χ0) is 20.3. The number of carbonyl (C=O) groups is 1. The fraction of sp³-hybridized carbons (Fsp3) is 0.571. The summed E-state index contributed by atoms with van der Waals surface area (Å²) < 4.78 is 32.9. The van der Waals surface area contributed by atoms with Crippen LogP contribution >= 0.6 is 0 Å². The van der Waals surface area contributed by atoms with E-state index in [0.29, 0.717) is 17.2 Å². The second-order valence-corrected chi connectivity index (χ2v) is 7.15. The predicted molar refractivity (Wildman–Crippen MR) is 103 cm³/mol. The summed E-state index contributed by atoms with van der Waals surface area (Å²) in [7, 11) is 6.28. The molecule has 154 valence electrons. The first kappa shape index (κ1) is 20.5. The van der Waals surface area contributed by atoms with E-state index in [1.807, 2.05) is 0 Å². The number of benzene rings is 1. The van der Waals surface area contributed by atoms with Gasteiger partial charge in [-0.05, 0) is 36.6 Å². The minimum absolute atomic E-state index is 0.0877. The van der Waals surface area contributed by atoms with Crippen LogP contribution in [-0.2, 0) is 19.0 Å². The highest BCUT2D eigenvalue weighted by molar-refractivity contribution is 5.87. The van der Waals surface area contributed by atoms with Gasteiger partial charge < -0.3 is 28.4 Å². The molecule has 1 aliphatic carbocycles. The van der Waals surface area contributed by atoms with Gasteiger partial charge in [-0.2, -0.15) is 0 Å². The summed E-state index contributed by atoms with van der Waals surface area (Å²) in [6.07, 6.45) is 4.21. The Kier molecular flexibility index (Phi) is 6.15. The average Bonchev–Trinajstić information content (AvgIpc) is 3.49. The molecule has 0 unspecified atom stereocenters. The quantitative estimate of drug-likeness (QED) is 0.401. The summed E-state index contributed by atoms with van der Waals surface area (Å²) in [6, 6.07) is 3.53. The number of esters is 1. The number of hydrogen-bond donors (Lipinski definition) is 0. The highest BCUT2D eigenvalue weighted by Gasteiger charge is 2.57. The molecule has 1 heterocycles. The molecule has 28 heavy (non-hydrogen) atoms. The van der Waals surface area contributed by atoms with E-state index < -0.39 is 5.97 Å². The van der Waals surface area contributed by atoms with Crippen LogP contribution in [-0.4, -0.2) is 58.8 Å². The largest absolute Gasteiger partial charge is 0.493 e. The molecule has 3 rings (SSSR count). The van der Waals surface area contributed by atoms with Crippen molar-refractivity contribution in [2.45, 2.75) is 37.6 Å². The van der Waals surface area contributed by atoms with Crippen molar-refractivity contribution >= 4 is 12.0 Å². The van der Waals surface area contributed by atoms with Gasteiger partial charge in [-0.1, -0.05) is 6.92 Å². The number of carbonyl (C=O) groups excluding carboxylic acids is 1. The standard InChI is InChI=1S/C21H28O7/c1-13-19(25-4)15(8-9-21(13)12-27-21)28-18(22)7-6-14-10-16(23-2)20(26-5)17(11-14)24-3/h6-7,10-11,13,15,19H,8-9,12H2,1-5H3/b7-6-/t13-,15+,19-,21-/m0/s1. The van der Waals surface area contributed by atoms with Crippen LogP contribution in [0.4, 0.5) is 0 Å². The molecule has 0 radical (unpaired) electrons. The van der Waals surface area contributed by atoms with Crippen molar-refractivity contribution in [3.8, 4) is 17.2 Å². The van der Waals surface area contributed by atoms with E-state index in [1.54, 1.807) is 46.6 Å². The fourth-order valence-corrected chi connectivity index (χ4v) is 3.93. The molecule has 1 aromatic carbocycles. The third-order valence-corrected chi connectivity index (χ3v) is 5.69. The monoisotopic (exact) mass is 392 g/mol. The molecular formula is C21H28O7. The highest BCUT2D eigenvalue weighted by Crippen LogP contribution is 2.47. The van der Waals surface area contributed by atoms with Crippen molar-refractivity contribution in [1.82, 2.24) is 0 Å². The molecule has 0 amide bonds. The Bertz CT molecular complexity index is 713. The number of ether oxygens (including phenoxy) is 6. The maximum absolute atomic E-state index is 12.4. The molecule has 7 heteroatoms. The van der Waals surface area contributed by atoms with Crippen LogP contribution in [0.15, 0.2) is 18.2 Å². The zero-order valence-corrected chi connectivity index (χ0v) is 17.0. The molecule has 7 nitrogen and oxygen atoms in total. The molecule has 1 aliphatic heterocycles. The molecule has 1 aromatic rings. The predicted octanol–water partition coefficient (Wildman–Crippen LogP) is 2.85. The second-order valence-electron chi connectivity index (χ2n) is 7.15. The minimum atomic E-state index is -0.416. The third-order valence-electron chi connectivity index (χ3n) is 5.69.